The Labute approximate surface area is 131 Å². The van der Waals surface area contributed by atoms with Gasteiger partial charge in [-0.3, -0.25) is 0 Å². The number of hydrogen-bond acceptors (Lipinski definition) is 1. The van der Waals surface area contributed by atoms with Gasteiger partial charge in [-0.1, -0.05) is 46.3 Å². The van der Waals surface area contributed by atoms with Crippen LogP contribution in [-0.4, -0.2) is 12.6 Å². The molecular formula is C16H16BrFN2O. The SMILES string of the molecule is O=C(NCCc1ccccc1Br)NCc1cccc(F)c1. The fourth-order valence-electron chi connectivity index (χ4n) is 1.90. The van der Waals surface area contributed by atoms with Crippen LogP contribution in [0, 0.1) is 5.82 Å². The lowest BCUT2D eigenvalue weighted by Gasteiger charge is -2.08. The third-order valence-corrected chi connectivity index (χ3v) is 3.75. The molecule has 0 fully saturated rings. The van der Waals surface area contributed by atoms with Crippen molar-refractivity contribution >= 4 is 22.0 Å². The second-order valence-electron chi connectivity index (χ2n) is 4.58. The van der Waals surface area contributed by atoms with Crippen LogP contribution in [0.3, 0.4) is 0 Å². The number of benzene rings is 2. The highest BCUT2D eigenvalue weighted by atomic mass is 79.9. The van der Waals surface area contributed by atoms with Gasteiger partial charge in [0.2, 0.25) is 0 Å². The van der Waals surface area contributed by atoms with E-state index in [4.69, 9.17) is 0 Å². The molecule has 0 aliphatic carbocycles. The number of carbonyl (C=O) groups excluding carboxylic acids is 1. The number of urea groups is 1. The fraction of sp³-hybridized carbons (Fsp3) is 0.188. The summed E-state index contributed by atoms with van der Waals surface area (Å²) < 4.78 is 14.0. The Bertz CT molecular complexity index is 619. The molecule has 2 rings (SSSR count). The monoisotopic (exact) mass is 350 g/mol. The number of hydrogen-bond donors (Lipinski definition) is 2. The number of rotatable bonds is 5. The Kier molecular flexibility index (Phi) is 5.75. The molecule has 0 aliphatic heterocycles. The van der Waals surface area contributed by atoms with Gasteiger partial charge >= 0.3 is 6.03 Å². The molecule has 2 aromatic carbocycles. The van der Waals surface area contributed by atoms with E-state index in [1.54, 1.807) is 12.1 Å². The maximum Gasteiger partial charge on any atom is 0.315 e. The second-order valence-corrected chi connectivity index (χ2v) is 5.44. The van der Waals surface area contributed by atoms with Crippen molar-refractivity contribution in [2.24, 2.45) is 0 Å². The maximum atomic E-state index is 13.0. The molecule has 0 spiro atoms. The van der Waals surface area contributed by atoms with Crippen LogP contribution in [-0.2, 0) is 13.0 Å². The van der Waals surface area contributed by atoms with Gasteiger partial charge in [-0.2, -0.15) is 0 Å². The lowest BCUT2D eigenvalue weighted by molar-refractivity contribution is 0.240. The van der Waals surface area contributed by atoms with E-state index in [0.29, 0.717) is 13.1 Å². The van der Waals surface area contributed by atoms with Crippen molar-refractivity contribution in [3.8, 4) is 0 Å². The lowest BCUT2D eigenvalue weighted by atomic mass is 10.1. The molecule has 110 valence electrons. The zero-order valence-corrected chi connectivity index (χ0v) is 13.0. The van der Waals surface area contributed by atoms with Crippen LogP contribution >= 0.6 is 15.9 Å². The van der Waals surface area contributed by atoms with Crippen LogP contribution in [0.2, 0.25) is 0 Å². The van der Waals surface area contributed by atoms with Crippen molar-refractivity contribution in [3.05, 3.63) is 69.9 Å². The van der Waals surface area contributed by atoms with E-state index in [2.05, 4.69) is 26.6 Å². The Balaban J connectivity index is 1.72. The van der Waals surface area contributed by atoms with Crippen LogP contribution in [0.1, 0.15) is 11.1 Å². The number of nitrogens with one attached hydrogen (secondary N) is 2. The predicted molar refractivity (Wildman–Crippen MR) is 84.5 cm³/mol. The molecule has 0 unspecified atom stereocenters. The summed E-state index contributed by atoms with van der Waals surface area (Å²) >= 11 is 3.47. The number of halogens is 2. The minimum Gasteiger partial charge on any atom is -0.338 e. The highest BCUT2D eigenvalue weighted by molar-refractivity contribution is 9.10. The van der Waals surface area contributed by atoms with E-state index in [-0.39, 0.29) is 11.8 Å². The van der Waals surface area contributed by atoms with Crippen molar-refractivity contribution in [3.63, 3.8) is 0 Å². The van der Waals surface area contributed by atoms with Crippen molar-refractivity contribution < 1.29 is 9.18 Å². The van der Waals surface area contributed by atoms with E-state index in [1.165, 1.54) is 12.1 Å². The molecule has 5 heteroatoms. The van der Waals surface area contributed by atoms with Gasteiger partial charge in [-0.05, 0) is 35.7 Å². The van der Waals surface area contributed by atoms with Crippen molar-refractivity contribution in [2.45, 2.75) is 13.0 Å². The molecule has 3 nitrogen and oxygen atoms in total. The Morgan fingerprint density at radius 1 is 1.10 bits per heavy atom. The number of amides is 2. The molecule has 2 aromatic rings. The molecule has 0 aromatic heterocycles. The standard InChI is InChI=1S/C16H16BrFN2O/c17-15-7-2-1-5-13(15)8-9-19-16(21)20-11-12-4-3-6-14(18)10-12/h1-7,10H,8-9,11H2,(H2,19,20,21). The number of carbonyl (C=O) groups is 1. The van der Waals surface area contributed by atoms with Crippen LogP contribution in [0.5, 0.6) is 0 Å². The Morgan fingerprint density at radius 3 is 2.67 bits per heavy atom. The predicted octanol–water partition coefficient (Wildman–Crippen LogP) is 3.63. The first kappa shape index (κ1) is 15.5. The van der Waals surface area contributed by atoms with Gasteiger partial charge in [-0.25, -0.2) is 9.18 Å². The molecular weight excluding hydrogens is 335 g/mol. The molecule has 0 saturated carbocycles. The summed E-state index contributed by atoms with van der Waals surface area (Å²) in [4.78, 5) is 11.6. The minimum absolute atomic E-state index is 0.258. The third-order valence-electron chi connectivity index (χ3n) is 2.98. The second kappa shape index (κ2) is 7.78. The zero-order valence-electron chi connectivity index (χ0n) is 11.4. The molecule has 21 heavy (non-hydrogen) atoms. The average Bonchev–Trinajstić information content (AvgIpc) is 2.47. The van der Waals surface area contributed by atoms with Crippen molar-refractivity contribution in [2.75, 3.05) is 6.54 Å². The highest BCUT2D eigenvalue weighted by Crippen LogP contribution is 2.15. The maximum absolute atomic E-state index is 13.0. The summed E-state index contributed by atoms with van der Waals surface area (Å²) in [6.07, 6.45) is 0.745. The smallest absolute Gasteiger partial charge is 0.315 e. The molecule has 0 bridgehead atoms. The van der Waals surface area contributed by atoms with Crippen molar-refractivity contribution in [1.29, 1.82) is 0 Å². The topological polar surface area (TPSA) is 41.1 Å². The Morgan fingerprint density at radius 2 is 1.90 bits per heavy atom. The molecule has 0 atom stereocenters. The van der Waals surface area contributed by atoms with Gasteiger partial charge in [-0.15, -0.1) is 0 Å². The summed E-state index contributed by atoms with van der Waals surface area (Å²) in [7, 11) is 0. The molecule has 0 aliphatic rings. The average molecular weight is 351 g/mol. The molecule has 0 heterocycles. The first-order valence-corrected chi connectivity index (χ1v) is 7.44. The summed E-state index contributed by atoms with van der Waals surface area (Å²) in [6, 6.07) is 13.8. The summed E-state index contributed by atoms with van der Waals surface area (Å²) in [6.45, 7) is 0.843. The van der Waals surface area contributed by atoms with Crippen LogP contribution in [0.15, 0.2) is 53.0 Å². The normalized spacial score (nSPS) is 10.2. The van der Waals surface area contributed by atoms with E-state index in [1.807, 2.05) is 24.3 Å². The van der Waals surface area contributed by atoms with Gasteiger partial charge in [0.1, 0.15) is 5.82 Å². The van der Waals surface area contributed by atoms with E-state index in [0.717, 1.165) is 22.0 Å². The van der Waals surface area contributed by atoms with Gasteiger partial charge in [0, 0.05) is 17.6 Å². The Hall–Kier alpha value is -1.88. The summed E-state index contributed by atoms with van der Waals surface area (Å²) in [5.74, 6) is -0.302. The van der Waals surface area contributed by atoms with Crippen LogP contribution < -0.4 is 10.6 Å². The molecule has 0 radical (unpaired) electrons. The quantitative estimate of drug-likeness (QED) is 0.849. The highest BCUT2D eigenvalue weighted by Gasteiger charge is 2.02. The largest absolute Gasteiger partial charge is 0.338 e. The first-order chi connectivity index (χ1) is 10.1. The molecule has 2 amide bonds. The lowest BCUT2D eigenvalue weighted by Crippen LogP contribution is -2.36. The summed E-state index contributed by atoms with van der Waals surface area (Å²) in [5, 5.41) is 5.48. The van der Waals surface area contributed by atoms with Crippen LogP contribution in [0.4, 0.5) is 9.18 Å². The summed E-state index contributed by atoms with van der Waals surface area (Å²) in [5.41, 5.74) is 1.87. The van der Waals surface area contributed by atoms with Gasteiger partial charge < -0.3 is 10.6 Å². The van der Waals surface area contributed by atoms with Gasteiger partial charge in [0.05, 0.1) is 0 Å². The van der Waals surface area contributed by atoms with Crippen LogP contribution in [0.25, 0.3) is 0 Å². The minimum atomic E-state index is -0.302. The molecule has 2 N–H and O–H groups in total. The van der Waals surface area contributed by atoms with E-state index in [9.17, 15) is 9.18 Å². The van der Waals surface area contributed by atoms with Gasteiger partial charge in [0.15, 0.2) is 0 Å². The van der Waals surface area contributed by atoms with E-state index >= 15 is 0 Å². The molecule has 0 saturated heterocycles. The third kappa shape index (κ3) is 5.19. The van der Waals surface area contributed by atoms with E-state index < -0.39 is 0 Å². The fourth-order valence-corrected chi connectivity index (χ4v) is 2.39. The van der Waals surface area contributed by atoms with Gasteiger partial charge in [0.25, 0.3) is 0 Å². The van der Waals surface area contributed by atoms with Crippen molar-refractivity contribution in [1.82, 2.24) is 10.6 Å². The zero-order chi connectivity index (χ0) is 15.1. The first-order valence-electron chi connectivity index (χ1n) is 6.65.